The lowest BCUT2D eigenvalue weighted by Crippen LogP contribution is -2.86. The van der Waals surface area contributed by atoms with Crippen molar-refractivity contribution in [2.24, 2.45) is 0 Å². The summed E-state index contributed by atoms with van der Waals surface area (Å²) in [5.41, 5.74) is 2.88. The number of hydrogen-bond donors (Lipinski definition) is 0. The number of rotatable bonds is 0. The molecular formula is C26H22Si2. The van der Waals surface area contributed by atoms with Crippen LogP contribution in [0.1, 0.15) is 0 Å². The Morgan fingerprint density at radius 2 is 0.714 bits per heavy atom. The zero-order valence-corrected chi connectivity index (χ0v) is 18.2. The standard InChI is InChI=1S/C26H22Si2/c1-27(2)23-15-7-9-17-25(23)28(26-18-10-8-16-24(26)27)21-13-5-3-11-19(21)20-12-4-6-14-22(20)28/h3-18H,1-2H3. The van der Waals surface area contributed by atoms with Crippen molar-refractivity contribution in [3.8, 4) is 11.1 Å². The summed E-state index contributed by atoms with van der Waals surface area (Å²) in [6.07, 6.45) is 0. The molecule has 0 nitrogen and oxygen atoms in total. The fourth-order valence-corrected chi connectivity index (χ4v) is 17.0. The largest absolute Gasteiger partial charge is 0.180 e. The van der Waals surface area contributed by atoms with Gasteiger partial charge in [0.25, 0.3) is 0 Å². The van der Waals surface area contributed by atoms with E-state index in [1.165, 1.54) is 11.1 Å². The zero-order valence-electron chi connectivity index (χ0n) is 16.2. The Bertz CT molecular complexity index is 1160. The fourth-order valence-electron chi connectivity index (χ4n) is 5.82. The Hall–Kier alpha value is -2.69. The first-order chi connectivity index (χ1) is 13.7. The van der Waals surface area contributed by atoms with Crippen LogP contribution in [-0.4, -0.2) is 16.1 Å². The number of fused-ring (bicyclic) bond motifs is 9. The van der Waals surface area contributed by atoms with Crippen molar-refractivity contribution in [3.63, 3.8) is 0 Å². The summed E-state index contributed by atoms with van der Waals surface area (Å²) in [6.45, 7) is 5.05. The van der Waals surface area contributed by atoms with Crippen LogP contribution < -0.4 is 31.1 Å². The number of benzene rings is 4. The molecule has 0 fully saturated rings. The van der Waals surface area contributed by atoms with Gasteiger partial charge in [0.1, 0.15) is 8.07 Å². The molecule has 0 saturated heterocycles. The lowest BCUT2D eigenvalue weighted by molar-refractivity contribution is 1.66. The van der Waals surface area contributed by atoms with E-state index in [9.17, 15) is 0 Å². The summed E-state index contributed by atoms with van der Waals surface area (Å²) >= 11 is 0. The minimum absolute atomic E-state index is 1.44. The summed E-state index contributed by atoms with van der Waals surface area (Å²) < 4.78 is 0. The topological polar surface area (TPSA) is 0 Å². The predicted octanol–water partition coefficient (Wildman–Crippen LogP) is 2.18. The van der Waals surface area contributed by atoms with Crippen molar-refractivity contribution in [3.05, 3.63) is 97.1 Å². The maximum atomic E-state index is 2.53. The van der Waals surface area contributed by atoms with E-state index in [1.54, 1.807) is 31.1 Å². The average Bonchev–Trinajstić information content (AvgIpc) is 3.04. The van der Waals surface area contributed by atoms with E-state index in [2.05, 4.69) is 110 Å². The van der Waals surface area contributed by atoms with Crippen LogP contribution in [0.4, 0.5) is 0 Å². The highest BCUT2D eigenvalue weighted by molar-refractivity contribution is 7.28. The minimum atomic E-state index is -2.26. The molecule has 2 aliphatic heterocycles. The van der Waals surface area contributed by atoms with Gasteiger partial charge in [0, 0.05) is 0 Å². The molecule has 2 heterocycles. The van der Waals surface area contributed by atoms with E-state index < -0.39 is 16.1 Å². The normalized spacial score (nSPS) is 16.8. The monoisotopic (exact) mass is 390 g/mol. The predicted molar refractivity (Wildman–Crippen MR) is 126 cm³/mol. The SMILES string of the molecule is C[Si]1(C)c2ccccc2[Si]2(c3ccccc3-c3ccccc32)c2ccccc21. The van der Waals surface area contributed by atoms with Gasteiger partial charge in [-0.1, -0.05) is 121 Å². The van der Waals surface area contributed by atoms with Gasteiger partial charge in [-0.3, -0.25) is 0 Å². The van der Waals surface area contributed by atoms with Crippen LogP contribution >= 0.6 is 0 Å². The minimum Gasteiger partial charge on any atom is -0.0627 e. The highest BCUT2D eigenvalue weighted by Crippen LogP contribution is 2.29. The maximum absolute atomic E-state index is 2.53. The van der Waals surface area contributed by atoms with Crippen molar-refractivity contribution < 1.29 is 0 Å². The molecule has 2 heteroatoms. The Kier molecular flexibility index (Phi) is 3.16. The molecule has 6 rings (SSSR count). The van der Waals surface area contributed by atoms with E-state index in [-0.39, 0.29) is 0 Å². The van der Waals surface area contributed by atoms with E-state index in [4.69, 9.17) is 0 Å². The zero-order chi connectivity index (χ0) is 18.9. The molecule has 0 aromatic heterocycles. The van der Waals surface area contributed by atoms with E-state index in [1.807, 2.05) is 0 Å². The molecule has 134 valence electrons. The van der Waals surface area contributed by atoms with Gasteiger partial charge >= 0.3 is 0 Å². The van der Waals surface area contributed by atoms with Crippen LogP contribution in [0.3, 0.4) is 0 Å². The molecule has 0 saturated carbocycles. The summed E-state index contributed by atoms with van der Waals surface area (Å²) in [7, 11) is -3.99. The van der Waals surface area contributed by atoms with E-state index in [0.29, 0.717) is 0 Å². The summed E-state index contributed by atoms with van der Waals surface area (Å²) in [5, 5.41) is 9.66. The lowest BCUT2D eigenvalue weighted by atomic mass is 10.1. The van der Waals surface area contributed by atoms with E-state index >= 15 is 0 Å². The molecule has 0 bridgehead atoms. The second kappa shape index (κ2) is 5.43. The summed E-state index contributed by atoms with van der Waals surface area (Å²) in [6, 6.07) is 37.1. The van der Waals surface area contributed by atoms with Crippen molar-refractivity contribution in [2.45, 2.75) is 13.1 Å². The Morgan fingerprint density at radius 3 is 1.14 bits per heavy atom. The van der Waals surface area contributed by atoms with Gasteiger partial charge in [-0.15, -0.1) is 0 Å². The third-order valence-electron chi connectivity index (χ3n) is 6.96. The highest BCUT2D eigenvalue weighted by Gasteiger charge is 2.55. The van der Waals surface area contributed by atoms with Crippen molar-refractivity contribution in [1.82, 2.24) is 0 Å². The fraction of sp³-hybridized carbons (Fsp3) is 0.0769. The van der Waals surface area contributed by atoms with Gasteiger partial charge in [0.05, 0.1) is 0 Å². The van der Waals surface area contributed by atoms with Crippen molar-refractivity contribution in [1.29, 1.82) is 0 Å². The molecule has 0 radical (unpaired) electrons. The van der Waals surface area contributed by atoms with Crippen LogP contribution in [0.2, 0.25) is 13.1 Å². The van der Waals surface area contributed by atoms with Crippen LogP contribution in [-0.2, 0) is 0 Å². The van der Waals surface area contributed by atoms with Crippen molar-refractivity contribution >= 4 is 47.3 Å². The maximum Gasteiger partial charge on any atom is 0.180 e. The molecule has 4 aromatic carbocycles. The average molecular weight is 391 g/mol. The quantitative estimate of drug-likeness (QED) is 0.356. The highest BCUT2D eigenvalue weighted by atomic mass is 28.3. The molecule has 1 spiro atoms. The first-order valence-electron chi connectivity index (χ1n) is 10.1. The van der Waals surface area contributed by atoms with Gasteiger partial charge in [-0.05, 0) is 31.9 Å². The Balaban J connectivity index is 1.89. The second-order valence-corrected chi connectivity index (χ2v) is 16.5. The van der Waals surface area contributed by atoms with Gasteiger partial charge in [0.15, 0.2) is 8.07 Å². The molecule has 0 aliphatic carbocycles. The van der Waals surface area contributed by atoms with Crippen LogP contribution in [0.25, 0.3) is 11.1 Å². The smallest absolute Gasteiger partial charge is 0.0627 e. The van der Waals surface area contributed by atoms with Gasteiger partial charge < -0.3 is 0 Å². The lowest BCUT2D eigenvalue weighted by Gasteiger charge is -2.44. The van der Waals surface area contributed by atoms with Crippen molar-refractivity contribution in [2.75, 3.05) is 0 Å². The molecule has 0 amide bonds. The van der Waals surface area contributed by atoms with Crippen LogP contribution in [0.15, 0.2) is 97.1 Å². The third-order valence-corrected chi connectivity index (χ3v) is 16.0. The third kappa shape index (κ3) is 1.76. The molecule has 0 unspecified atom stereocenters. The Labute approximate surface area is 168 Å². The first-order valence-corrected chi connectivity index (χ1v) is 15.1. The van der Waals surface area contributed by atoms with Gasteiger partial charge in [0.2, 0.25) is 0 Å². The summed E-state index contributed by atoms with van der Waals surface area (Å²) in [4.78, 5) is 0. The number of hydrogen-bond acceptors (Lipinski definition) is 0. The molecule has 2 aliphatic rings. The van der Waals surface area contributed by atoms with Crippen LogP contribution in [0, 0.1) is 0 Å². The summed E-state index contributed by atoms with van der Waals surface area (Å²) in [5.74, 6) is 0. The molecular weight excluding hydrogens is 368 g/mol. The second-order valence-electron chi connectivity index (χ2n) is 8.56. The molecule has 28 heavy (non-hydrogen) atoms. The molecule has 4 aromatic rings. The first kappa shape index (κ1) is 16.3. The van der Waals surface area contributed by atoms with Gasteiger partial charge in [-0.25, -0.2) is 0 Å². The van der Waals surface area contributed by atoms with Crippen LogP contribution in [0.5, 0.6) is 0 Å². The Morgan fingerprint density at radius 1 is 0.393 bits per heavy atom. The molecule has 0 N–H and O–H groups in total. The molecule has 0 atom stereocenters. The van der Waals surface area contributed by atoms with E-state index in [0.717, 1.165) is 0 Å². The van der Waals surface area contributed by atoms with Gasteiger partial charge in [-0.2, -0.15) is 0 Å².